The maximum absolute atomic E-state index is 10.3. The summed E-state index contributed by atoms with van der Waals surface area (Å²) in [6.07, 6.45) is 4.94. The second kappa shape index (κ2) is 4.51. The predicted octanol–water partition coefficient (Wildman–Crippen LogP) is 0.771. The van der Waals surface area contributed by atoms with Crippen LogP contribution < -0.4 is 5.46 Å². The Morgan fingerprint density at radius 1 is 1.33 bits per heavy atom. The molecule has 18 heavy (non-hydrogen) atoms. The number of aryl methyl sites for hydroxylation is 1. The third kappa shape index (κ3) is 2.35. The first-order chi connectivity index (χ1) is 8.36. The van der Waals surface area contributed by atoms with Crippen molar-refractivity contribution in [2.45, 2.75) is 51.9 Å². The lowest BCUT2D eigenvalue weighted by atomic mass is 9.82. The van der Waals surface area contributed by atoms with Gasteiger partial charge in [0.2, 0.25) is 0 Å². The minimum absolute atomic E-state index is 0.345. The fourth-order valence-electron chi connectivity index (χ4n) is 1.79. The first-order valence-corrected chi connectivity index (χ1v) is 6.17. The van der Waals surface area contributed by atoms with Crippen molar-refractivity contribution in [3.05, 3.63) is 12.4 Å². The smallest absolute Gasteiger partial charge is 0.399 e. The minimum Gasteiger partial charge on any atom is -0.399 e. The van der Waals surface area contributed by atoms with Gasteiger partial charge >= 0.3 is 7.12 Å². The average Bonchev–Trinajstić information content (AvgIpc) is 2.80. The minimum atomic E-state index is -0.389. The topological polar surface area (TPSA) is 53.4 Å². The highest BCUT2D eigenvalue weighted by Gasteiger charge is 2.52. The number of hydrogen-bond donors (Lipinski definition) is 0. The van der Waals surface area contributed by atoms with Gasteiger partial charge in [-0.05, 0) is 27.7 Å². The van der Waals surface area contributed by atoms with Crippen molar-refractivity contribution in [2.24, 2.45) is 0 Å². The van der Waals surface area contributed by atoms with Crippen LogP contribution in [0.5, 0.6) is 0 Å². The highest BCUT2D eigenvalue weighted by molar-refractivity contribution is 6.61. The van der Waals surface area contributed by atoms with Gasteiger partial charge < -0.3 is 14.1 Å². The molecule has 6 heteroatoms. The molecular formula is C12H19BN2O3. The summed E-state index contributed by atoms with van der Waals surface area (Å²) in [5.74, 6) is 0. The molecule has 1 aromatic heterocycles. The molecule has 1 aliphatic heterocycles. The Balaban J connectivity index is 2.10. The van der Waals surface area contributed by atoms with Crippen molar-refractivity contribution >= 4 is 18.9 Å². The van der Waals surface area contributed by atoms with Crippen molar-refractivity contribution < 1.29 is 14.1 Å². The van der Waals surface area contributed by atoms with Crippen LogP contribution in [-0.4, -0.2) is 34.4 Å². The SMILES string of the molecule is CC1(C)OB(c2cnn(CCC=O)c2)OC1(C)C. The van der Waals surface area contributed by atoms with Crippen LogP contribution in [0, 0.1) is 0 Å². The number of nitrogens with zero attached hydrogens (tertiary/aromatic N) is 2. The number of aldehydes is 1. The van der Waals surface area contributed by atoms with Gasteiger partial charge in [-0.2, -0.15) is 5.10 Å². The van der Waals surface area contributed by atoms with E-state index in [0.29, 0.717) is 13.0 Å². The molecule has 0 aliphatic carbocycles. The molecule has 0 N–H and O–H groups in total. The molecule has 0 spiro atoms. The zero-order valence-corrected chi connectivity index (χ0v) is 11.3. The quantitative estimate of drug-likeness (QED) is 0.585. The van der Waals surface area contributed by atoms with E-state index in [1.807, 2.05) is 33.9 Å². The van der Waals surface area contributed by atoms with Crippen molar-refractivity contribution in [3.63, 3.8) is 0 Å². The van der Waals surface area contributed by atoms with Crippen molar-refractivity contribution in [1.82, 2.24) is 9.78 Å². The Labute approximate surface area is 108 Å². The van der Waals surface area contributed by atoms with E-state index in [2.05, 4.69) is 5.10 Å². The van der Waals surface area contributed by atoms with Gasteiger partial charge in [-0.15, -0.1) is 0 Å². The largest absolute Gasteiger partial charge is 0.498 e. The molecular weight excluding hydrogens is 231 g/mol. The summed E-state index contributed by atoms with van der Waals surface area (Å²) in [5.41, 5.74) is 0.199. The molecule has 0 atom stereocenters. The van der Waals surface area contributed by atoms with E-state index < -0.39 is 0 Å². The van der Waals surface area contributed by atoms with Crippen molar-refractivity contribution in [1.29, 1.82) is 0 Å². The van der Waals surface area contributed by atoms with Gasteiger partial charge in [0.25, 0.3) is 0 Å². The molecule has 98 valence electrons. The number of rotatable bonds is 4. The van der Waals surface area contributed by atoms with E-state index in [4.69, 9.17) is 9.31 Å². The zero-order valence-electron chi connectivity index (χ0n) is 11.3. The van der Waals surface area contributed by atoms with Gasteiger partial charge in [-0.1, -0.05) is 0 Å². The van der Waals surface area contributed by atoms with Crippen LogP contribution in [0.4, 0.5) is 0 Å². The Bertz CT molecular complexity index is 426. The van der Waals surface area contributed by atoms with Crippen LogP contribution in [0.1, 0.15) is 34.1 Å². The van der Waals surface area contributed by atoms with Gasteiger partial charge in [0, 0.05) is 30.8 Å². The fraction of sp³-hybridized carbons (Fsp3) is 0.667. The summed E-state index contributed by atoms with van der Waals surface area (Å²) >= 11 is 0. The lowest BCUT2D eigenvalue weighted by molar-refractivity contribution is -0.108. The molecule has 1 saturated heterocycles. The Morgan fingerprint density at radius 3 is 2.50 bits per heavy atom. The molecule has 0 bridgehead atoms. The molecule has 1 aromatic rings. The lowest BCUT2D eigenvalue weighted by Gasteiger charge is -2.32. The highest BCUT2D eigenvalue weighted by Crippen LogP contribution is 2.36. The molecule has 1 aliphatic rings. The molecule has 0 aromatic carbocycles. The maximum atomic E-state index is 10.3. The molecule has 0 saturated carbocycles. The summed E-state index contributed by atoms with van der Waals surface area (Å²) in [6.45, 7) is 8.66. The molecule has 2 rings (SSSR count). The van der Waals surface area contributed by atoms with E-state index in [0.717, 1.165) is 11.7 Å². The first kappa shape index (κ1) is 13.3. The number of hydrogen-bond acceptors (Lipinski definition) is 4. The normalized spacial score (nSPS) is 21.2. The van der Waals surface area contributed by atoms with E-state index in [-0.39, 0.29) is 18.3 Å². The van der Waals surface area contributed by atoms with E-state index in [1.54, 1.807) is 10.9 Å². The van der Waals surface area contributed by atoms with Gasteiger partial charge in [-0.25, -0.2) is 0 Å². The standard InChI is InChI=1S/C12H19BN2O3/c1-11(2)12(3,4)18-13(17-11)10-8-14-15(9-10)6-5-7-16/h7-9H,5-6H2,1-4H3. The second-order valence-electron chi connectivity index (χ2n) is 5.58. The first-order valence-electron chi connectivity index (χ1n) is 6.17. The Morgan fingerprint density at radius 2 is 1.94 bits per heavy atom. The maximum Gasteiger partial charge on any atom is 0.498 e. The average molecular weight is 250 g/mol. The van der Waals surface area contributed by atoms with Crippen molar-refractivity contribution in [3.8, 4) is 0 Å². The van der Waals surface area contributed by atoms with Crippen molar-refractivity contribution in [2.75, 3.05) is 0 Å². The predicted molar refractivity (Wildman–Crippen MR) is 68.6 cm³/mol. The molecule has 1 fully saturated rings. The third-order valence-corrected chi connectivity index (χ3v) is 3.65. The third-order valence-electron chi connectivity index (χ3n) is 3.65. The monoisotopic (exact) mass is 250 g/mol. The summed E-state index contributed by atoms with van der Waals surface area (Å²) in [4.78, 5) is 10.3. The fourth-order valence-corrected chi connectivity index (χ4v) is 1.79. The summed E-state index contributed by atoms with van der Waals surface area (Å²) in [6, 6.07) is 0. The lowest BCUT2D eigenvalue weighted by Crippen LogP contribution is -2.41. The van der Waals surface area contributed by atoms with Crippen LogP contribution in [0.3, 0.4) is 0 Å². The molecule has 5 nitrogen and oxygen atoms in total. The van der Waals surface area contributed by atoms with Gasteiger partial charge in [0.05, 0.1) is 11.2 Å². The Hall–Kier alpha value is -1.14. The summed E-state index contributed by atoms with van der Waals surface area (Å²) in [7, 11) is -0.389. The number of aromatic nitrogens is 2. The van der Waals surface area contributed by atoms with Crippen LogP contribution in [-0.2, 0) is 20.6 Å². The van der Waals surface area contributed by atoms with E-state index >= 15 is 0 Å². The van der Waals surface area contributed by atoms with Crippen LogP contribution in [0.2, 0.25) is 0 Å². The summed E-state index contributed by atoms with van der Waals surface area (Å²) in [5, 5.41) is 4.19. The van der Waals surface area contributed by atoms with E-state index in [9.17, 15) is 4.79 Å². The zero-order chi connectivity index (χ0) is 13.4. The van der Waals surface area contributed by atoms with Gasteiger partial charge in [0.1, 0.15) is 6.29 Å². The van der Waals surface area contributed by atoms with Crippen LogP contribution >= 0.6 is 0 Å². The number of carbonyl (C=O) groups excluding carboxylic acids is 1. The second-order valence-corrected chi connectivity index (χ2v) is 5.58. The molecule has 0 unspecified atom stereocenters. The van der Waals surface area contributed by atoms with Gasteiger partial charge in [-0.3, -0.25) is 4.68 Å². The van der Waals surface area contributed by atoms with Crippen LogP contribution in [0.15, 0.2) is 12.4 Å². The van der Waals surface area contributed by atoms with Gasteiger partial charge in [0.15, 0.2) is 0 Å². The van der Waals surface area contributed by atoms with E-state index in [1.165, 1.54) is 0 Å². The Kier molecular flexibility index (Phi) is 3.34. The summed E-state index contributed by atoms with van der Waals surface area (Å²) < 4.78 is 13.6. The van der Waals surface area contributed by atoms with Crippen LogP contribution in [0.25, 0.3) is 0 Å². The number of carbonyl (C=O) groups is 1. The molecule has 0 amide bonds. The molecule has 2 heterocycles. The highest BCUT2D eigenvalue weighted by atomic mass is 16.7. The molecule has 0 radical (unpaired) electrons.